The smallest absolute Gasteiger partial charge is 0.243 e. The molecule has 0 spiro atoms. The van der Waals surface area contributed by atoms with Gasteiger partial charge in [-0.25, -0.2) is 0 Å². The zero-order valence-electron chi connectivity index (χ0n) is 11.2. The van der Waals surface area contributed by atoms with Crippen molar-refractivity contribution in [2.45, 2.75) is 32.4 Å². The van der Waals surface area contributed by atoms with Crippen molar-refractivity contribution in [2.75, 3.05) is 6.54 Å². The second kappa shape index (κ2) is 6.80. The first-order valence-electron chi connectivity index (χ1n) is 6.45. The van der Waals surface area contributed by atoms with E-state index in [0.29, 0.717) is 18.0 Å². The van der Waals surface area contributed by atoms with Gasteiger partial charge in [-0.2, -0.15) is 4.80 Å². The fourth-order valence-electron chi connectivity index (χ4n) is 1.67. The Morgan fingerprint density at radius 2 is 2.45 bits per heavy atom. The molecule has 0 aliphatic rings. The number of rotatable bonds is 7. The largest absolute Gasteiger partial charge is 0.461 e. The predicted molar refractivity (Wildman–Crippen MR) is 69.4 cm³/mol. The Bertz CT molecular complexity index is 537. The number of hydrogen-bond donors (Lipinski definition) is 2. The molecule has 0 saturated carbocycles. The van der Waals surface area contributed by atoms with Gasteiger partial charge in [0.05, 0.1) is 12.4 Å². The van der Waals surface area contributed by atoms with Crippen molar-refractivity contribution in [1.82, 2.24) is 25.5 Å². The normalized spacial score (nSPS) is 12.3. The maximum absolute atomic E-state index is 11.6. The van der Waals surface area contributed by atoms with E-state index in [1.54, 1.807) is 12.1 Å². The van der Waals surface area contributed by atoms with Gasteiger partial charge in [-0.05, 0) is 23.8 Å². The number of nitrogens with one attached hydrogen (secondary N) is 1. The number of carbonyl (C=O) groups excluding carboxylic acids is 1. The van der Waals surface area contributed by atoms with E-state index < -0.39 is 6.10 Å². The van der Waals surface area contributed by atoms with Crippen molar-refractivity contribution < 1.29 is 14.3 Å². The fraction of sp³-hybridized carbons (Fsp3) is 0.500. The van der Waals surface area contributed by atoms with Crippen molar-refractivity contribution in [3.05, 3.63) is 18.4 Å². The third-order valence-corrected chi connectivity index (χ3v) is 2.64. The van der Waals surface area contributed by atoms with E-state index in [-0.39, 0.29) is 19.0 Å². The Hall–Kier alpha value is -2.22. The number of tetrazole rings is 1. The lowest BCUT2D eigenvalue weighted by Gasteiger charge is -2.09. The summed E-state index contributed by atoms with van der Waals surface area (Å²) in [6.07, 6.45) is 2.52. The summed E-state index contributed by atoms with van der Waals surface area (Å²) in [5.41, 5.74) is 0. The Labute approximate surface area is 115 Å². The fourth-order valence-corrected chi connectivity index (χ4v) is 1.67. The minimum Gasteiger partial charge on any atom is -0.461 e. The Kier molecular flexibility index (Phi) is 4.83. The van der Waals surface area contributed by atoms with Gasteiger partial charge in [-0.3, -0.25) is 4.79 Å². The summed E-state index contributed by atoms with van der Waals surface area (Å²) >= 11 is 0. The first-order valence-corrected chi connectivity index (χ1v) is 6.45. The molecule has 2 N–H and O–H groups in total. The maximum atomic E-state index is 11.6. The molecule has 0 aliphatic heterocycles. The Morgan fingerprint density at radius 3 is 3.15 bits per heavy atom. The van der Waals surface area contributed by atoms with Crippen LogP contribution in [-0.2, 0) is 11.3 Å². The standard InChI is InChI=1S/C12H17N5O3/c1-2-4-9(18)7-13-11(19)8-17-15-12(14-16-17)10-5-3-6-20-10/h3,5-6,9,18H,2,4,7-8H2,1H3,(H,13,19). The molecule has 2 heterocycles. The number of aliphatic hydroxyl groups excluding tert-OH is 1. The highest BCUT2D eigenvalue weighted by molar-refractivity contribution is 5.75. The zero-order valence-corrected chi connectivity index (χ0v) is 11.2. The van der Waals surface area contributed by atoms with Gasteiger partial charge in [-0.15, -0.1) is 10.2 Å². The highest BCUT2D eigenvalue weighted by Crippen LogP contribution is 2.12. The molecule has 2 aromatic heterocycles. The van der Waals surface area contributed by atoms with E-state index in [2.05, 4.69) is 20.7 Å². The van der Waals surface area contributed by atoms with E-state index in [1.807, 2.05) is 6.92 Å². The van der Waals surface area contributed by atoms with Crippen LogP contribution in [0.1, 0.15) is 19.8 Å². The third-order valence-electron chi connectivity index (χ3n) is 2.64. The van der Waals surface area contributed by atoms with Crippen LogP contribution in [0.15, 0.2) is 22.8 Å². The van der Waals surface area contributed by atoms with E-state index >= 15 is 0 Å². The van der Waals surface area contributed by atoms with Gasteiger partial charge < -0.3 is 14.8 Å². The van der Waals surface area contributed by atoms with Gasteiger partial charge in [0.15, 0.2) is 5.76 Å². The van der Waals surface area contributed by atoms with Crippen molar-refractivity contribution in [2.24, 2.45) is 0 Å². The first kappa shape index (κ1) is 14.2. The second-order valence-electron chi connectivity index (χ2n) is 4.37. The minimum absolute atomic E-state index is 0.0491. The number of amides is 1. The molecule has 2 aromatic rings. The lowest BCUT2D eigenvalue weighted by Crippen LogP contribution is -2.34. The summed E-state index contributed by atoms with van der Waals surface area (Å²) in [5, 5.41) is 23.7. The lowest BCUT2D eigenvalue weighted by molar-refractivity contribution is -0.122. The van der Waals surface area contributed by atoms with Crippen molar-refractivity contribution in [3.63, 3.8) is 0 Å². The van der Waals surface area contributed by atoms with Gasteiger partial charge in [-0.1, -0.05) is 13.3 Å². The van der Waals surface area contributed by atoms with Gasteiger partial charge in [0.2, 0.25) is 11.7 Å². The monoisotopic (exact) mass is 279 g/mol. The van der Waals surface area contributed by atoms with Crippen LogP contribution in [0.4, 0.5) is 0 Å². The number of furan rings is 1. The molecular formula is C12H17N5O3. The van der Waals surface area contributed by atoms with Gasteiger partial charge in [0.1, 0.15) is 6.54 Å². The molecule has 0 saturated heterocycles. The van der Waals surface area contributed by atoms with Crippen LogP contribution in [0.5, 0.6) is 0 Å². The topological polar surface area (TPSA) is 106 Å². The van der Waals surface area contributed by atoms with Crippen molar-refractivity contribution in [3.8, 4) is 11.6 Å². The van der Waals surface area contributed by atoms with Gasteiger partial charge in [0, 0.05) is 6.54 Å². The molecule has 20 heavy (non-hydrogen) atoms. The summed E-state index contributed by atoms with van der Waals surface area (Å²) in [4.78, 5) is 12.8. The van der Waals surface area contributed by atoms with Crippen LogP contribution >= 0.6 is 0 Å². The summed E-state index contributed by atoms with van der Waals surface area (Å²) in [5.74, 6) is 0.549. The average molecular weight is 279 g/mol. The van der Waals surface area contributed by atoms with Gasteiger partial charge >= 0.3 is 0 Å². The highest BCUT2D eigenvalue weighted by atomic mass is 16.3. The van der Waals surface area contributed by atoms with Crippen molar-refractivity contribution >= 4 is 5.91 Å². The second-order valence-corrected chi connectivity index (χ2v) is 4.37. The Morgan fingerprint density at radius 1 is 1.60 bits per heavy atom. The number of carbonyl (C=O) groups is 1. The average Bonchev–Trinajstić information content (AvgIpc) is 3.07. The van der Waals surface area contributed by atoms with Crippen LogP contribution in [0, 0.1) is 0 Å². The van der Waals surface area contributed by atoms with E-state index in [4.69, 9.17) is 4.42 Å². The molecule has 8 heteroatoms. The molecule has 1 atom stereocenters. The SMILES string of the molecule is CCCC(O)CNC(=O)Cn1nnc(-c2ccco2)n1. The number of hydrogen-bond acceptors (Lipinski definition) is 6. The molecule has 1 amide bonds. The molecule has 8 nitrogen and oxygen atoms in total. The first-order chi connectivity index (χ1) is 9.69. The quantitative estimate of drug-likeness (QED) is 0.750. The molecule has 2 rings (SSSR count). The maximum Gasteiger partial charge on any atom is 0.243 e. The third kappa shape index (κ3) is 3.89. The lowest BCUT2D eigenvalue weighted by atomic mass is 10.2. The molecule has 0 radical (unpaired) electrons. The minimum atomic E-state index is -0.522. The van der Waals surface area contributed by atoms with E-state index in [9.17, 15) is 9.90 Å². The van der Waals surface area contributed by atoms with Crippen molar-refractivity contribution in [1.29, 1.82) is 0 Å². The Balaban J connectivity index is 1.83. The van der Waals surface area contributed by atoms with E-state index in [1.165, 1.54) is 11.1 Å². The van der Waals surface area contributed by atoms with Crippen LogP contribution in [0.3, 0.4) is 0 Å². The molecule has 0 fully saturated rings. The highest BCUT2D eigenvalue weighted by Gasteiger charge is 2.11. The number of aliphatic hydroxyl groups is 1. The van der Waals surface area contributed by atoms with Crippen LogP contribution < -0.4 is 5.32 Å². The summed E-state index contributed by atoms with van der Waals surface area (Å²) < 4.78 is 5.13. The van der Waals surface area contributed by atoms with Crippen LogP contribution in [-0.4, -0.2) is 43.9 Å². The summed E-state index contributed by atoms with van der Waals surface area (Å²) in [7, 11) is 0. The number of nitrogens with zero attached hydrogens (tertiary/aromatic N) is 4. The summed E-state index contributed by atoms with van der Waals surface area (Å²) in [6, 6.07) is 3.43. The summed E-state index contributed by atoms with van der Waals surface area (Å²) in [6.45, 7) is 2.15. The van der Waals surface area contributed by atoms with Gasteiger partial charge in [0.25, 0.3) is 0 Å². The molecular weight excluding hydrogens is 262 g/mol. The molecule has 0 aromatic carbocycles. The van der Waals surface area contributed by atoms with E-state index in [0.717, 1.165) is 6.42 Å². The molecule has 108 valence electrons. The molecule has 0 aliphatic carbocycles. The molecule has 1 unspecified atom stereocenters. The van der Waals surface area contributed by atoms with Crippen LogP contribution in [0.2, 0.25) is 0 Å². The molecule has 0 bridgehead atoms. The van der Waals surface area contributed by atoms with Crippen LogP contribution in [0.25, 0.3) is 11.6 Å². The zero-order chi connectivity index (χ0) is 14.4. The predicted octanol–water partition coefficient (Wildman–Crippen LogP) is 0.210. The number of aromatic nitrogens is 4.